The Morgan fingerprint density at radius 2 is 2.00 bits per heavy atom. The summed E-state index contributed by atoms with van der Waals surface area (Å²) in [6.45, 7) is 0.179. The first-order chi connectivity index (χ1) is 10.2. The lowest BCUT2D eigenvalue weighted by Crippen LogP contribution is -2.34. The Labute approximate surface area is 134 Å². The highest BCUT2D eigenvalue weighted by molar-refractivity contribution is 5.85. The van der Waals surface area contributed by atoms with Crippen molar-refractivity contribution in [3.05, 3.63) is 65.5 Å². The molecule has 2 atom stereocenters. The predicted octanol–water partition coefficient (Wildman–Crippen LogP) is 2.39. The number of benzene rings is 1. The second-order valence-electron chi connectivity index (χ2n) is 5.02. The van der Waals surface area contributed by atoms with Crippen molar-refractivity contribution in [1.29, 1.82) is 0 Å². The highest BCUT2D eigenvalue weighted by atomic mass is 35.5. The molecule has 3 rings (SSSR count). The zero-order valence-electron chi connectivity index (χ0n) is 11.8. The standard InChI is InChI=1S/C16H16N2O3.ClH/c19-14-9-12-3-1-2-4-13(12)15(14)18-16(20)21-10-11-5-7-17-8-6-11;/h1-8,14-15,19H,9-10H2,(H,18,20);1H/t14-,15+;/m0./s1. The summed E-state index contributed by atoms with van der Waals surface area (Å²) in [5.41, 5.74) is 2.88. The van der Waals surface area contributed by atoms with Crippen LogP contribution in [0.4, 0.5) is 4.79 Å². The maximum atomic E-state index is 11.9. The number of hydrogen-bond donors (Lipinski definition) is 2. The number of halogens is 1. The third-order valence-electron chi connectivity index (χ3n) is 3.60. The quantitative estimate of drug-likeness (QED) is 0.911. The smallest absolute Gasteiger partial charge is 0.408 e. The maximum Gasteiger partial charge on any atom is 0.408 e. The number of aliphatic hydroxyl groups excluding tert-OH is 1. The molecular formula is C16H17ClN2O3. The molecule has 0 radical (unpaired) electrons. The molecule has 5 nitrogen and oxygen atoms in total. The highest BCUT2D eigenvalue weighted by Crippen LogP contribution is 2.31. The van der Waals surface area contributed by atoms with Crippen LogP contribution in [0.3, 0.4) is 0 Å². The molecule has 0 fully saturated rings. The molecule has 1 aliphatic rings. The van der Waals surface area contributed by atoms with Gasteiger partial charge in [0.15, 0.2) is 0 Å². The van der Waals surface area contributed by atoms with Gasteiger partial charge in [-0.1, -0.05) is 24.3 Å². The van der Waals surface area contributed by atoms with Gasteiger partial charge < -0.3 is 15.2 Å². The van der Waals surface area contributed by atoms with E-state index in [1.807, 2.05) is 24.3 Å². The first-order valence-electron chi connectivity index (χ1n) is 6.82. The summed E-state index contributed by atoms with van der Waals surface area (Å²) < 4.78 is 5.16. The topological polar surface area (TPSA) is 71.5 Å². The molecule has 1 aromatic heterocycles. The van der Waals surface area contributed by atoms with Crippen molar-refractivity contribution in [2.45, 2.75) is 25.2 Å². The maximum absolute atomic E-state index is 11.9. The second kappa shape index (κ2) is 7.24. The monoisotopic (exact) mass is 320 g/mol. The lowest BCUT2D eigenvalue weighted by atomic mass is 10.1. The number of aromatic nitrogens is 1. The third kappa shape index (κ3) is 3.55. The molecule has 2 aromatic rings. The summed E-state index contributed by atoms with van der Waals surface area (Å²) in [5.74, 6) is 0. The van der Waals surface area contributed by atoms with Gasteiger partial charge in [-0.3, -0.25) is 4.98 Å². The van der Waals surface area contributed by atoms with Crippen LogP contribution in [0, 0.1) is 0 Å². The molecule has 0 aliphatic heterocycles. The molecule has 1 aliphatic carbocycles. The Morgan fingerprint density at radius 3 is 2.77 bits per heavy atom. The minimum Gasteiger partial charge on any atom is -0.445 e. The fourth-order valence-corrected chi connectivity index (χ4v) is 2.54. The Kier molecular flexibility index (Phi) is 5.35. The van der Waals surface area contributed by atoms with Gasteiger partial charge in [-0.2, -0.15) is 0 Å². The van der Waals surface area contributed by atoms with Crippen molar-refractivity contribution in [2.24, 2.45) is 0 Å². The van der Waals surface area contributed by atoms with E-state index in [1.54, 1.807) is 24.5 Å². The van der Waals surface area contributed by atoms with Gasteiger partial charge in [0.1, 0.15) is 6.61 Å². The number of nitrogens with zero attached hydrogens (tertiary/aromatic N) is 1. The van der Waals surface area contributed by atoms with Gasteiger partial charge >= 0.3 is 6.09 Å². The van der Waals surface area contributed by atoms with Crippen molar-refractivity contribution >= 4 is 18.5 Å². The van der Waals surface area contributed by atoms with Crippen LogP contribution in [0.5, 0.6) is 0 Å². The number of alkyl carbamates (subject to hydrolysis) is 1. The van der Waals surface area contributed by atoms with E-state index in [0.29, 0.717) is 6.42 Å². The fourth-order valence-electron chi connectivity index (χ4n) is 2.54. The number of carbonyl (C=O) groups excluding carboxylic acids is 1. The lowest BCUT2D eigenvalue weighted by Gasteiger charge is -2.17. The number of ether oxygens (including phenoxy) is 1. The van der Waals surface area contributed by atoms with Crippen LogP contribution in [-0.4, -0.2) is 22.3 Å². The molecule has 1 aromatic carbocycles. The Bertz CT molecular complexity index is 636. The number of pyridine rings is 1. The van der Waals surface area contributed by atoms with Crippen LogP contribution in [0.15, 0.2) is 48.8 Å². The van der Waals surface area contributed by atoms with Crippen molar-refractivity contribution < 1.29 is 14.6 Å². The molecule has 0 unspecified atom stereocenters. The van der Waals surface area contributed by atoms with Crippen LogP contribution in [0.2, 0.25) is 0 Å². The van der Waals surface area contributed by atoms with Crippen molar-refractivity contribution in [3.63, 3.8) is 0 Å². The lowest BCUT2D eigenvalue weighted by molar-refractivity contribution is 0.109. The molecule has 0 saturated heterocycles. The van der Waals surface area contributed by atoms with Crippen LogP contribution in [-0.2, 0) is 17.8 Å². The first-order valence-corrected chi connectivity index (χ1v) is 6.82. The zero-order chi connectivity index (χ0) is 14.7. The summed E-state index contributed by atoms with van der Waals surface area (Å²) >= 11 is 0. The molecule has 1 amide bonds. The Balaban J connectivity index is 0.00000176. The van der Waals surface area contributed by atoms with Gasteiger partial charge in [-0.25, -0.2) is 4.79 Å². The average Bonchev–Trinajstić information content (AvgIpc) is 2.82. The molecule has 1 heterocycles. The van der Waals surface area contributed by atoms with E-state index < -0.39 is 18.2 Å². The van der Waals surface area contributed by atoms with Crippen LogP contribution >= 0.6 is 12.4 Å². The van der Waals surface area contributed by atoms with Crippen molar-refractivity contribution in [2.75, 3.05) is 0 Å². The van der Waals surface area contributed by atoms with E-state index in [-0.39, 0.29) is 19.0 Å². The van der Waals surface area contributed by atoms with E-state index in [2.05, 4.69) is 10.3 Å². The van der Waals surface area contributed by atoms with Gasteiger partial charge in [-0.05, 0) is 28.8 Å². The third-order valence-corrected chi connectivity index (χ3v) is 3.60. The number of amides is 1. The fraction of sp³-hybridized carbons (Fsp3) is 0.250. The average molecular weight is 321 g/mol. The molecule has 6 heteroatoms. The highest BCUT2D eigenvalue weighted by Gasteiger charge is 2.32. The second-order valence-corrected chi connectivity index (χ2v) is 5.02. The van der Waals surface area contributed by atoms with Crippen LogP contribution < -0.4 is 5.32 Å². The summed E-state index contributed by atoms with van der Waals surface area (Å²) in [6, 6.07) is 10.9. The largest absolute Gasteiger partial charge is 0.445 e. The molecular weight excluding hydrogens is 304 g/mol. The van der Waals surface area contributed by atoms with Crippen molar-refractivity contribution in [3.8, 4) is 0 Å². The van der Waals surface area contributed by atoms with Crippen molar-refractivity contribution in [1.82, 2.24) is 10.3 Å². The SMILES string of the molecule is Cl.O=C(N[C@@H]1c2ccccc2C[C@@H]1O)OCc1ccncc1. The van der Waals surface area contributed by atoms with Crippen LogP contribution in [0.1, 0.15) is 22.7 Å². The summed E-state index contributed by atoms with van der Waals surface area (Å²) in [7, 11) is 0. The molecule has 0 bridgehead atoms. The van der Waals surface area contributed by atoms with E-state index in [0.717, 1.165) is 16.7 Å². The minimum absolute atomic E-state index is 0. The summed E-state index contributed by atoms with van der Waals surface area (Å²) in [4.78, 5) is 15.8. The molecule has 0 spiro atoms. The normalized spacial score (nSPS) is 19.0. The van der Waals surface area contributed by atoms with Gasteiger partial charge in [0, 0.05) is 18.8 Å². The Hall–Kier alpha value is -2.11. The van der Waals surface area contributed by atoms with E-state index in [1.165, 1.54) is 0 Å². The molecule has 116 valence electrons. The number of rotatable bonds is 3. The summed E-state index contributed by atoms with van der Waals surface area (Å²) in [5, 5.41) is 12.8. The number of hydrogen-bond acceptors (Lipinski definition) is 4. The number of aliphatic hydroxyl groups is 1. The van der Waals surface area contributed by atoms with Gasteiger partial charge in [-0.15, -0.1) is 12.4 Å². The Morgan fingerprint density at radius 1 is 1.27 bits per heavy atom. The molecule has 2 N–H and O–H groups in total. The van der Waals surface area contributed by atoms with E-state index in [9.17, 15) is 9.90 Å². The first kappa shape index (κ1) is 16.3. The zero-order valence-corrected chi connectivity index (χ0v) is 12.6. The van der Waals surface area contributed by atoms with E-state index >= 15 is 0 Å². The van der Waals surface area contributed by atoms with Gasteiger partial charge in [0.05, 0.1) is 12.1 Å². The minimum atomic E-state index is -0.615. The summed E-state index contributed by atoms with van der Waals surface area (Å²) in [6.07, 6.45) is 2.69. The number of nitrogens with one attached hydrogen (secondary N) is 1. The van der Waals surface area contributed by atoms with Crippen LogP contribution in [0.25, 0.3) is 0 Å². The molecule has 0 saturated carbocycles. The van der Waals surface area contributed by atoms with Gasteiger partial charge in [0.2, 0.25) is 0 Å². The molecule has 22 heavy (non-hydrogen) atoms. The van der Waals surface area contributed by atoms with Gasteiger partial charge in [0.25, 0.3) is 0 Å². The predicted molar refractivity (Wildman–Crippen MR) is 83.7 cm³/mol. The number of fused-ring (bicyclic) bond motifs is 1. The number of carbonyl (C=O) groups is 1. The van der Waals surface area contributed by atoms with E-state index in [4.69, 9.17) is 4.74 Å².